The van der Waals surface area contributed by atoms with E-state index in [1.807, 2.05) is 12.1 Å². The van der Waals surface area contributed by atoms with Crippen molar-refractivity contribution in [3.05, 3.63) is 40.9 Å². The fourth-order valence-corrected chi connectivity index (χ4v) is 2.21. The molecule has 1 fully saturated rings. The van der Waals surface area contributed by atoms with Gasteiger partial charge in [0.05, 0.1) is 6.42 Å². The van der Waals surface area contributed by atoms with Crippen molar-refractivity contribution in [2.24, 2.45) is 5.92 Å². The van der Waals surface area contributed by atoms with Crippen LogP contribution in [-0.2, 0) is 9.59 Å². The van der Waals surface area contributed by atoms with Crippen molar-refractivity contribution >= 4 is 29.6 Å². The molecule has 0 atom stereocenters. The van der Waals surface area contributed by atoms with Crippen molar-refractivity contribution in [3.63, 3.8) is 0 Å². The van der Waals surface area contributed by atoms with Crippen molar-refractivity contribution in [2.45, 2.75) is 6.42 Å². The van der Waals surface area contributed by atoms with Gasteiger partial charge in [-0.2, -0.15) is 0 Å². The molecule has 1 amide bonds. The number of nitrogens with zero attached hydrogens (tertiary/aromatic N) is 1. The van der Waals surface area contributed by atoms with Crippen LogP contribution in [0, 0.1) is 5.92 Å². The zero-order chi connectivity index (χ0) is 13.8. The Balaban J connectivity index is 1.84. The SMILES string of the molecule is O=C(O)CC1CN(C(=O)C=Cc2cccc(Cl)c2)C1. The maximum Gasteiger partial charge on any atom is 0.303 e. The number of benzene rings is 1. The molecule has 1 aliphatic heterocycles. The standard InChI is InChI=1S/C14H14ClNO3/c15-12-3-1-2-10(6-12)4-5-13(17)16-8-11(9-16)7-14(18)19/h1-6,11H,7-9H2,(H,18,19). The van der Waals surface area contributed by atoms with Gasteiger partial charge in [0.2, 0.25) is 5.91 Å². The second-order valence-electron chi connectivity index (χ2n) is 4.60. The van der Waals surface area contributed by atoms with Crippen LogP contribution in [0.1, 0.15) is 12.0 Å². The predicted octanol–water partition coefficient (Wildman–Crippen LogP) is 2.29. The number of hydrogen-bond acceptors (Lipinski definition) is 2. The van der Waals surface area contributed by atoms with Gasteiger partial charge < -0.3 is 10.0 Å². The van der Waals surface area contributed by atoms with Gasteiger partial charge in [-0.15, -0.1) is 0 Å². The average Bonchev–Trinajstić information content (AvgIpc) is 2.30. The number of halogens is 1. The van der Waals surface area contributed by atoms with Crippen LogP contribution >= 0.6 is 11.6 Å². The summed E-state index contributed by atoms with van der Waals surface area (Å²) in [6.45, 7) is 1.04. The summed E-state index contributed by atoms with van der Waals surface area (Å²) in [7, 11) is 0. The van der Waals surface area contributed by atoms with Crippen LogP contribution in [0.2, 0.25) is 5.02 Å². The number of hydrogen-bond donors (Lipinski definition) is 1. The summed E-state index contributed by atoms with van der Waals surface area (Å²) in [5.74, 6) is -0.825. The highest BCUT2D eigenvalue weighted by Gasteiger charge is 2.30. The molecule has 0 bridgehead atoms. The van der Waals surface area contributed by atoms with E-state index >= 15 is 0 Å². The Bertz CT molecular complexity index is 521. The van der Waals surface area contributed by atoms with Gasteiger partial charge in [-0.25, -0.2) is 0 Å². The minimum Gasteiger partial charge on any atom is -0.481 e. The molecule has 1 saturated heterocycles. The molecule has 0 radical (unpaired) electrons. The van der Waals surface area contributed by atoms with E-state index < -0.39 is 5.97 Å². The number of aliphatic carboxylic acids is 1. The molecule has 1 aromatic carbocycles. The Labute approximate surface area is 116 Å². The lowest BCUT2D eigenvalue weighted by atomic mass is 9.96. The van der Waals surface area contributed by atoms with E-state index in [1.54, 1.807) is 23.1 Å². The summed E-state index contributed by atoms with van der Waals surface area (Å²) >= 11 is 5.84. The lowest BCUT2D eigenvalue weighted by molar-refractivity contribution is -0.143. The van der Waals surface area contributed by atoms with Crippen LogP contribution in [0.25, 0.3) is 6.08 Å². The van der Waals surface area contributed by atoms with Gasteiger partial charge in [-0.05, 0) is 23.8 Å². The molecular weight excluding hydrogens is 266 g/mol. The van der Waals surface area contributed by atoms with Crippen LogP contribution in [0.3, 0.4) is 0 Å². The molecule has 1 heterocycles. The summed E-state index contributed by atoms with van der Waals surface area (Å²) < 4.78 is 0. The number of carboxylic acids is 1. The van der Waals surface area contributed by atoms with Crippen LogP contribution < -0.4 is 0 Å². The molecule has 0 unspecified atom stereocenters. The van der Waals surface area contributed by atoms with Crippen LogP contribution in [0.15, 0.2) is 30.3 Å². The molecule has 0 aliphatic carbocycles. The van der Waals surface area contributed by atoms with Crippen molar-refractivity contribution in [1.82, 2.24) is 4.90 Å². The third-order valence-corrected chi connectivity index (χ3v) is 3.23. The third kappa shape index (κ3) is 3.83. The Morgan fingerprint density at radius 3 is 2.79 bits per heavy atom. The molecule has 1 N–H and O–H groups in total. The van der Waals surface area contributed by atoms with Crippen LogP contribution in [-0.4, -0.2) is 35.0 Å². The number of carbonyl (C=O) groups excluding carboxylic acids is 1. The molecule has 1 aliphatic rings. The maximum atomic E-state index is 11.8. The highest BCUT2D eigenvalue weighted by Crippen LogP contribution is 2.19. The molecule has 4 nitrogen and oxygen atoms in total. The quantitative estimate of drug-likeness (QED) is 0.860. The topological polar surface area (TPSA) is 57.6 Å². The van der Waals surface area contributed by atoms with E-state index in [4.69, 9.17) is 16.7 Å². The number of carboxylic acid groups (broad SMARTS) is 1. The summed E-state index contributed by atoms with van der Waals surface area (Å²) in [5, 5.41) is 9.25. The van der Waals surface area contributed by atoms with Gasteiger partial charge in [-0.3, -0.25) is 9.59 Å². The number of likely N-dealkylation sites (tertiary alicyclic amines) is 1. The molecule has 0 aromatic heterocycles. The minimum absolute atomic E-state index is 0.0843. The van der Waals surface area contributed by atoms with E-state index in [2.05, 4.69) is 0 Å². The molecule has 0 saturated carbocycles. The van der Waals surface area contributed by atoms with E-state index in [-0.39, 0.29) is 18.2 Å². The van der Waals surface area contributed by atoms with Gasteiger partial charge in [0.15, 0.2) is 0 Å². The molecule has 0 spiro atoms. The first kappa shape index (κ1) is 13.6. The van der Waals surface area contributed by atoms with Gasteiger partial charge in [0, 0.05) is 30.1 Å². The number of rotatable bonds is 4. The highest BCUT2D eigenvalue weighted by atomic mass is 35.5. The zero-order valence-electron chi connectivity index (χ0n) is 10.3. The Kier molecular flexibility index (Phi) is 4.22. The molecule has 1 aromatic rings. The predicted molar refractivity (Wildman–Crippen MR) is 72.8 cm³/mol. The smallest absolute Gasteiger partial charge is 0.303 e. The second-order valence-corrected chi connectivity index (χ2v) is 5.03. The monoisotopic (exact) mass is 279 g/mol. The van der Waals surface area contributed by atoms with Gasteiger partial charge in [0.25, 0.3) is 0 Å². The maximum absolute atomic E-state index is 11.8. The van der Waals surface area contributed by atoms with Crippen molar-refractivity contribution < 1.29 is 14.7 Å². The molecular formula is C14H14ClNO3. The summed E-state index contributed by atoms with van der Waals surface area (Å²) in [4.78, 5) is 23.9. The normalized spacial score (nSPS) is 15.5. The van der Waals surface area contributed by atoms with Crippen molar-refractivity contribution in [1.29, 1.82) is 0 Å². The first-order valence-corrected chi connectivity index (χ1v) is 6.37. The zero-order valence-corrected chi connectivity index (χ0v) is 11.0. The number of amides is 1. The summed E-state index contributed by atoms with van der Waals surface area (Å²) in [6, 6.07) is 7.22. The fourth-order valence-electron chi connectivity index (χ4n) is 2.01. The first-order valence-electron chi connectivity index (χ1n) is 5.99. The van der Waals surface area contributed by atoms with E-state index in [9.17, 15) is 9.59 Å². The fraction of sp³-hybridized carbons (Fsp3) is 0.286. The average molecular weight is 280 g/mol. The van der Waals surface area contributed by atoms with E-state index in [0.717, 1.165) is 5.56 Å². The largest absolute Gasteiger partial charge is 0.481 e. The van der Waals surface area contributed by atoms with Crippen molar-refractivity contribution in [3.8, 4) is 0 Å². The Morgan fingerprint density at radius 2 is 2.16 bits per heavy atom. The molecule has 100 valence electrons. The van der Waals surface area contributed by atoms with Gasteiger partial charge in [-0.1, -0.05) is 23.7 Å². The molecule has 5 heteroatoms. The van der Waals surface area contributed by atoms with E-state index in [1.165, 1.54) is 6.08 Å². The minimum atomic E-state index is -0.813. The van der Waals surface area contributed by atoms with Crippen molar-refractivity contribution in [2.75, 3.05) is 13.1 Å². The first-order chi connectivity index (χ1) is 9.04. The van der Waals surface area contributed by atoms with Crippen LogP contribution in [0.5, 0.6) is 0 Å². The second kappa shape index (κ2) is 5.89. The highest BCUT2D eigenvalue weighted by molar-refractivity contribution is 6.30. The van der Waals surface area contributed by atoms with Gasteiger partial charge >= 0.3 is 5.97 Å². The van der Waals surface area contributed by atoms with E-state index in [0.29, 0.717) is 18.1 Å². The lowest BCUT2D eigenvalue weighted by Gasteiger charge is -2.37. The summed E-state index contributed by atoms with van der Waals surface area (Å²) in [6.07, 6.45) is 3.32. The third-order valence-electron chi connectivity index (χ3n) is 3.00. The number of carbonyl (C=O) groups is 2. The summed E-state index contributed by atoms with van der Waals surface area (Å²) in [5.41, 5.74) is 0.864. The Hall–Kier alpha value is -1.81. The Morgan fingerprint density at radius 1 is 1.42 bits per heavy atom. The molecule has 2 rings (SSSR count). The lowest BCUT2D eigenvalue weighted by Crippen LogP contribution is -2.49. The van der Waals surface area contributed by atoms with Gasteiger partial charge in [0.1, 0.15) is 0 Å². The molecule has 19 heavy (non-hydrogen) atoms. The van der Waals surface area contributed by atoms with Crippen LogP contribution in [0.4, 0.5) is 0 Å².